The number of benzene rings is 1. The van der Waals surface area contributed by atoms with E-state index in [9.17, 15) is 4.79 Å². The summed E-state index contributed by atoms with van der Waals surface area (Å²) >= 11 is 5.85. The molecule has 0 aliphatic carbocycles. The van der Waals surface area contributed by atoms with Gasteiger partial charge in [-0.3, -0.25) is 4.79 Å². The monoisotopic (exact) mass is 235 g/mol. The van der Waals surface area contributed by atoms with Crippen LogP contribution < -0.4 is 0 Å². The predicted octanol–water partition coefficient (Wildman–Crippen LogP) is 3.63. The molecule has 0 aromatic heterocycles. The minimum absolute atomic E-state index is 0.0101. The van der Waals surface area contributed by atoms with Crippen LogP contribution in [0.5, 0.6) is 0 Å². The van der Waals surface area contributed by atoms with Gasteiger partial charge in [-0.15, -0.1) is 0 Å². The lowest BCUT2D eigenvalue weighted by molar-refractivity contribution is 0.0924. The molecule has 16 heavy (non-hydrogen) atoms. The van der Waals surface area contributed by atoms with Gasteiger partial charge in [0, 0.05) is 10.6 Å². The number of carbonyl (C=O) groups excluding carboxylic acids is 1. The fourth-order valence-electron chi connectivity index (χ4n) is 1.54. The van der Waals surface area contributed by atoms with Crippen molar-refractivity contribution in [2.75, 3.05) is 0 Å². The average Bonchev–Trinajstić information content (AvgIpc) is 2.22. The highest BCUT2D eigenvalue weighted by Crippen LogP contribution is 2.22. The first-order valence-corrected chi connectivity index (χ1v) is 5.55. The predicted molar refractivity (Wildman–Crippen MR) is 64.5 cm³/mol. The molecule has 1 atom stereocenters. The number of halogens is 1. The largest absolute Gasteiger partial charge is 0.293 e. The zero-order valence-electron chi connectivity index (χ0n) is 9.62. The molecular formula is C13H14ClNO. The van der Waals surface area contributed by atoms with E-state index in [1.807, 2.05) is 20.8 Å². The van der Waals surface area contributed by atoms with E-state index in [0.29, 0.717) is 10.6 Å². The molecule has 1 unspecified atom stereocenters. The molecule has 1 aromatic carbocycles. The Hall–Kier alpha value is -1.33. The lowest BCUT2D eigenvalue weighted by Gasteiger charge is -2.13. The number of rotatable bonds is 3. The molecule has 84 valence electrons. The Morgan fingerprint density at radius 1 is 1.44 bits per heavy atom. The maximum Gasteiger partial charge on any atom is 0.180 e. The van der Waals surface area contributed by atoms with Gasteiger partial charge in [0.15, 0.2) is 5.78 Å². The molecule has 0 saturated carbocycles. The van der Waals surface area contributed by atoms with Crippen LogP contribution >= 0.6 is 11.6 Å². The third-order valence-electron chi connectivity index (χ3n) is 2.55. The lowest BCUT2D eigenvalue weighted by Crippen LogP contribution is -2.19. The number of carbonyl (C=O) groups is 1. The second-order valence-corrected chi connectivity index (χ2v) is 4.61. The Labute approximate surface area is 101 Å². The summed E-state index contributed by atoms with van der Waals surface area (Å²) in [6, 6.07) is 7.22. The zero-order valence-corrected chi connectivity index (χ0v) is 10.4. The Kier molecular flexibility index (Phi) is 4.09. The van der Waals surface area contributed by atoms with Gasteiger partial charge in [0.1, 0.15) is 5.92 Å². The summed E-state index contributed by atoms with van der Waals surface area (Å²) in [5.41, 5.74) is 1.41. The fourth-order valence-corrected chi connectivity index (χ4v) is 1.71. The number of hydrogen-bond donors (Lipinski definition) is 0. The Morgan fingerprint density at radius 3 is 2.56 bits per heavy atom. The molecule has 1 aromatic rings. The van der Waals surface area contributed by atoms with Crippen molar-refractivity contribution in [3.8, 4) is 6.07 Å². The third-order valence-corrected chi connectivity index (χ3v) is 2.79. The minimum Gasteiger partial charge on any atom is -0.293 e. The number of hydrogen-bond acceptors (Lipinski definition) is 2. The first-order valence-electron chi connectivity index (χ1n) is 5.17. The fraction of sp³-hybridized carbons (Fsp3) is 0.385. The molecule has 0 radical (unpaired) electrons. The summed E-state index contributed by atoms with van der Waals surface area (Å²) in [6.07, 6.45) is 0. The van der Waals surface area contributed by atoms with Gasteiger partial charge in [-0.05, 0) is 30.5 Å². The Balaban J connectivity index is 3.14. The topological polar surface area (TPSA) is 40.9 Å². The van der Waals surface area contributed by atoms with Gasteiger partial charge in [0.05, 0.1) is 6.07 Å². The molecule has 0 aliphatic rings. The van der Waals surface area contributed by atoms with Crippen LogP contribution in [0.15, 0.2) is 18.2 Å². The van der Waals surface area contributed by atoms with Crippen molar-refractivity contribution in [3.05, 3.63) is 34.3 Å². The highest BCUT2D eigenvalue weighted by Gasteiger charge is 2.24. The summed E-state index contributed by atoms with van der Waals surface area (Å²) in [5.74, 6) is -0.731. The normalized spacial score (nSPS) is 12.2. The first-order chi connectivity index (χ1) is 7.47. The summed E-state index contributed by atoms with van der Waals surface area (Å²) in [5, 5.41) is 9.51. The van der Waals surface area contributed by atoms with Crippen LogP contribution in [0, 0.1) is 30.1 Å². The maximum atomic E-state index is 12.1. The van der Waals surface area contributed by atoms with Crippen molar-refractivity contribution in [1.82, 2.24) is 0 Å². The van der Waals surface area contributed by atoms with E-state index in [1.165, 1.54) is 0 Å². The quantitative estimate of drug-likeness (QED) is 0.751. The van der Waals surface area contributed by atoms with Crippen molar-refractivity contribution in [2.45, 2.75) is 20.8 Å². The van der Waals surface area contributed by atoms with Crippen molar-refractivity contribution in [3.63, 3.8) is 0 Å². The summed E-state index contributed by atoms with van der Waals surface area (Å²) in [4.78, 5) is 12.1. The lowest BCUT2D eigenvalue weighted by atomic mass is 9.88. The molecule has 0 N–H and O–H groups in total. The molecule has 0 heterocycles. The van der Waals surface area contributed by atoms with Crippen LogP contribution in [0.25, 0.3) is 0 Å². The molecule has 1 rings (SSSR count). The number of ketones is 1. The first kappa shape index (κ1) is 12.7. The van der Waals surface area contributed by atoms with E-state index < -0.39 is 5.92 Å². The summed E-state index contributed by atoms with van der Waals surface area (Å²) < 4.78 is 0. The van der Waals surface area contributed by atoms with Crippen molar-refractivity contribution in [1.29, 1.82) is 5.26 Å². The van der Waals surface area contributed by atoms with E-state index >= 15 is 0 Å². The number of aryl methyl sites for hydroxylation is 1. The van der Waals surface area contributed by atoms with Crippen molar-refractivity contribution < 1.29 is 4.79 Å². The Bertz CT molecular complexity index is 446. The highest BCUT2D eigenvalue weighted by molar-refractivity contribution is 6.31. The molecule has 0 saturated heterocycles. The van der Waals surface area contributed by atoms with Gasteiger partial charge >= 0.3 is 0 Å². The van der Waals surface area contributed by atoms with E-state index in [-0.39, 0.29) is 11.7 Å². The molecule has 2 nitrogen and oxygen atoms in total. The van der Waals surface area contributed by atoms with Gasteiger partial charge in [-0.25, -0.2) is 0 Å². The van der Waals surface area contributed by atoms with E-state index in [1.54, 1.807) is 18.2 Å². The van der Waals surface area contributed by atoms with Gasteiger partial charge in [-0.1, -0.05) is 31.5 Å². The Morgan fingerprint density at radius 2 is 2.06 bits per heavy atom. The number of nitriles is 1. The van der Waals surface area contributed by atoms with Gasteiger partial charge < -0.3 is 0 Å². The summed E-state index contributed by atoms with van der Waals surface area (Å²) in [6.45, 7) is 5.58. The molecule has 0 aliphatic heterocycles. The smallest absolute Gasteiger partial charge is 0.180 e. The molecule has 0 amide bonds. The summed E-state index contributed by atoms with van der Waals surface area (Å²) in [7, 11) is 0. The second kappa shape index (κ2) is 5.14. The van der Waals surface area contributed by atoms with E-state index in [2.05, 4.69) is 6.07 Å². The number of Topliss-reactive ketones (excluding diaryl/α,β-unsaturated/α-hetero) is 1. The van der Waals surface area contributed by atoms with Crippen molar-refractivity contribution >= 4 is 17.4 Å². The highest BCUT2D eigenvalue weighted by atomic mass is 35.5. The average molecular weight is 236 g/mol. The molecule has 0 fully saturated rings. The van der Waals surface area contributed by atoms with Crippen molar-refractivity contribution in [2.24, 2.45) is 11.8 Å². The number of nitrogens with zero attached hydrogens (tertiary/aromatic N) is 1. The van der Waals surface area contributed by atoms with Crippen LogP contribution in [-0.4, -0.2) is 5.78 Å². The van der Waals surface area contributed by atoms with E-state index in [0.717, 1.165) is 5.56 Å². The molecule has 0 bridgehead atoms. The third kappa shape index (κ3) is 2.62. The molecule has 0 spiro atoms. The van der Waals surface area contributed by atoms with Crippen LogP contribution in [0.2, 0.25) is 5.02 Å². The van der Waals surface area contributed by atoms with E-state index in [4.69, 9.17) is 16.9 Å². The van der Waals surface area contributed by atoms with Gasteiger partial charge in [-0.2, -0.15) is 5.26 Å². The molecule has 3 heteroatoms. The second-order valence-electron chi connectivity index (χ2n) is 4.17. The van der Waals surface area contributed by atoms with Gasteiger partial charge in [0.2, 0.25) is 0 Å². The standard InChI is InChI=1S/C13H14ClNO/c1-8(2)12(7-15)13(16)11-6-10(14)5-4-9(11)3/h4-6,8,12H,1-3H3. The SMILES string of the molecule is Cc1ccc(Cl)cc1C(=O)C(C#N)C(C)C. The van der Waals surface area contributed by atoms with Gasteiger partial charge in [0.25, 0.3) is 0 Å². The maximum absolute atomic E-state index is 12.1. The van der Waals surface area contributed by atoms with Crippen LogP contribution in [0.4, 0.5) is 0 Å². The molecular weight excluding hydrogens is 222 g/mol. The minimum atomic E-state index is -0.600. The zero-order chi connectivity index (χ0) is 12.3. The van der Waals surface area contributed by atoms with Crippen LogP contribution in [-0.2, 0) is 0 Å². The van der Waals surface area contributed by atoms with Crippen LogP contribution in [0.1, 0.15) is 29.8 Å². The van der Waals surface area contributed by atoms with Crippen LogP contribution in [0.3, 0.4) is 0 Å².